The summed E-state index contributed by atoms with van der Waals surface area (Å²) < 4.78 is 5.13. The van der Waals surface area contributed by atoms with Crippen LogP contribution in [0.1, 0.15) is 47.0 Å². The van der Waals surface area contributed by atoms with E-state index in [0.29, 0.717) is 6.42 Å². The number of hydrogen-bond donors (Lipinski definition) is 2. The Morgan fingerprint density at radius 2 is 1.83 bits per heavy atom. The number of hydrogen-bond acceptors (Lipinski definition) is 4. The van der Waals surface area contributed by atoms with Gasteiger partial charge in [-0.1, -0.05) is 0 Å². The minimum Gasteiger partial charge on any atom is -0.444 e. The van der Waals surface area contributed by atoms with Crippen LogP contribution in [0.2, 0.25) is 0 Å². The highest BCUT2D eigenvalue weighted by Gasteiger charge is 2.21. The third kappa shape index (κ3) is 8.98. The van der Waals surface area contributed by atoms with Gasteiger partial charge in [0.25, 0.3) is 0 Å². The molecule has 0 aliphatic carbocycles. The molecule has 0 rings (SSSR count). The number of carbonyl (C=O) groups excluding carboxylic acids is 2. The van der Waals surface area contributed by atoms with Crippen molar-refractivity contribution < 1.29 is 14.3 Å². The van der Waals surface area contributed by atoms with Crippen LogP contribution in [0.5, 0.6) is 0 Å². The maximum Gasteiger partial charge on any atom is 0.408 e. The maximum absolute atomic E-state index is 11.6. The summed E-state index contributed by atoms with van der Waals surface area (Å²) in [5.41, 5.74) is -0.544. The van der Waals surface area contributed by atoms with Crippen LogP contribution in [0, 0.1) is 0 Å². The highest BCUT2D eigenvalue weighted by atomic mass is 16.6. The molecule has 106 valence electrons. The molecule has 1 amide bonds. The molecule has 0 aromatic carbocycles. The number of nitrogens with one attached hydrogen (secondary N) is 2. The highest BCUT2D eigenvalue weighted by molar-refractivity contribution is 5.85. The standard InChI is InChI=1S/C13H26N2O3/c1-10(16)11(8-6-7-9-14-5)15-12(17)18-13(2,3)4/h11,14H,6-9H2,1-5H3,(H,15,17). The van der Waals surface area contributed by atoms with E-state index in [1.807, 2.05) is 7.05 Å². The van der Waals surface area contributed by atoms with Gasteiger partial charge in [0.15, 0.2) is 5.78 Å². The van der Waals surface area contributed by atoms with Crippen molar-refractivity contribution in [1.82, 2.24) is 10.6 Å². The van der Waals surface area contributed by atoms with Gasteiger partial charge in [0.05, 0.1) is 6.04 Å². The molecular weight excluding hydrogens is 232 g/mol. The van der Waals surface area contributed by atoms with Crippen LogP contribution in [0.15, 0.2) is 0 Å². The van der Waals surface area contributed by atoms with Crippen LogP contribution in [0.4, 0.5) is 4.79 Å². The fourth-order valence-electron chi connectivity index (χ4n) is 1.48. The van der Waals surface area contributed by atoms with E-state index in [1.165, 1.54) is 6.92 Å². The molecule has 1 atom stereocenters. The molecule has 0 saturated carbocycles. The number of ether oxygens (including phenoxy) is 1. The molecule has 0 radical (unpaired) electrons. The van der Waals surface area contributed by atoms with Crippen molar-refractivity contribution in [1.29, 1.82) is 0 Å². The number of unbranched alkanes of at least 4 members (excludes halogenated alkanes) is 1. The van der Waals surface area contributed by atoms with Crippen LogP contribution in [0.3, 0.4) is 0 Å². The molecule has 1 unspecified atom stereocenters. The second-order valence-corrected chi connectivity index (χ2v) is 5.41. The molecule has 0 fully saturated rings. The number of alkyl carbamates (subject to hydrolysis) is 1. The smallest absolute Gasteiger partial charge is 0.408 e. The van der Waals surface area contributed by atoms with Gasteiger partial charge in [0, 0.05) is 0 Å². The van der Waals surface area contributed by atoms with E-state index in [4.69, 9.17) is 4.74 Å². The summed E-state index contributed by atoms with van der Waals surface area (Å²) in [6, 6.07) is -0.447. The third-order valence-electron chi connectivity index (χ3n) is 2.35. The first-order valence-electron chi connectivity index (χ1n) is 6.41. The SMILES string of the molecule is CNCCCCC(NC(=O)OC(C)(C)C)C(C)=O. The zero-order chi connectivity index (χ0) is 14.2. The first kappa shape index (κ1) is 16.9. The Hall–Kier alpha value is -1.10. The summed E-state index contributed by atoms with van der Waals surface area (Å²) in [5, 5.41) is 5.66. The first-order chi connectivity index (χ1) is 8.26. The van der Waals surface area contributed by atoms with Crippen molar-refractivity contribution >= 4 is 11.9 Å². The molecule has 0 spiro atoms. The number of ketones is 1. The maximum atomic E-state index is 11.6. The summed E-state index contributed by atoms with van der Waals surface area (Å²) in [6.07, 6.45) is 1.99. The van der Waals surface area contributed by atoms with E-state index in [0.717, 1.165) is 19.4 Å². The topological polar surface area (TPSA) is 67.4 Å². The van der Waals surface area contributed by atoms with Gasteiger partial charge in [-0.2, -0.15) is 0 Å². The first-order valence-corrected chi connectivity index (χ1v) is 6.41. The lowest BCUT2D eigenvalue weighted by molar-refractivity contribution is -0.119. The molecule has 0 heterocycles. The molecule has 0 aliphatic heterocycles. The van der Waals surface area contributed by atoms with Crippen molar-refractivity contribution in [2.45, 2.75) is 58.6 Å². The van der Waals surface area contributed by atoms with Crippen molar-refractivity contribution in [3.05, 3.63) is 0 Å². The zero-order valence-electron chi connectivity index (χ0n) is 12.1. The van der Waals surface area contributed by atoms with Crippen molar-refractivity contribution in [3.63, 3.8) is 0 Å². The second kappa shape index (κ2) is 8.08. The molecule has 5 heteroatoms. The average Bonchev–Trinajstić information content (AvgIpc) is 2.19. The van der Waals surface area contributed by atoms with Crippen LogP contribution >= 0.6 is 0 Å². The lowest BCUT2D eigenvalue weighted by Gasteiger charge is -2.22. The molecule has 0 aliphatic rings. The summed E-state index contributed by atoms with van der Waals surface area (Å²) in [5.74, 6) is -0.0367. The molecule has 0 aromatic heterocycles. The van der Waals surface area contributed by atoms with E-state index in [1.54, 1.807) is 20.8 Å². The molecule has 0 aromatic rings. The Balaban J connectivity index is 4.11. The van der Waals surface area contributed by atoms with E-state index in [9.17, 15) is 9.59 Å². The lowest BCUT2D eigenvalue weighted by atomic mass is 10.1. The van der Waals surface area contributed by atoms with Gasteiger partial charge in [-0.05, 0) is 60.5 Å². The number of carbonyl (C=O) groups is 2. The van der Waals surface area contributed by atoms with Crippen molar-refractivity contribution in [2.24, 2.45) is 0 Å². The van der Waals surface area contributed by atoms with Gasteiger partial charge < -0.3 is 15.4 Å². The van der Waals surface area contributed by atoms with Gasteiger partial charge in [-0.25, -0.2) is 4.79 Å². The Morgan fingerprint density at radius 1 is 1.22 bits per heavy atom. The van der Waals surface area contributed by atoms with Crippen LogP contribution in [-0.2, 0) is 9.53 Å². The number of rotatable bonds is 7. The number of amides is 1. The predicted octanol–water partition coefficient (Wildman–Crippen LogP) is 1.86. The van der Waals surface area contributed by atoms with E-state index >= 15 is 0 Å². The zero-order valence-corrected chi connectivity index (χ0v) is 12.1. The number of Topliss-reactive ketones (excluding diaryl/α,β-unsaturated/α-hetero) is 1. The molecule has 2 N–H and O–H groups in total. The van der Waals surface area contributed by atoms with Crippen molar-refractivity contribution in [3.8, 4) is 0 Å². The summed E-state index contributed by atoms with van der Waals surface area (Å²) in [7, 11) is 1.89. The average molecular weight is 258 g/mol. The molecule has 5 nitrogen and oxygen atoms in total. The van der Waals surface area contributed by atoms with Gasteiger partial charge in [-0.15, -0.1) is 0 Å². The largest absolute Gasteiger partial charge is 0.444 e. The van der Waals surface area contributed by atoms with E-state index in [2.05, 4.69) is 10.6 Å². The van der Waals surface area contributed by atoms with Crippen LogP contribution < -0.4 is 10.6 Å². The van der Waals surface area contributed by atoms with Gasteiger partial charge in [-0.3, -0.25) is 4.79 Å². The van der Waals surface area contributed by atoms with Gasteiger partial charge >= 0.3 is 6.09 Å². The van der Waals surface area contributed by atoms with Gasteiger partial charge in [0.2, 0.25) is 0 Å². The Kier molecular flexibility index (Phi) is 7.59. The quantitative estimate of drug-likeness (QED) is 0.684. The summed E-state index contributed by atoms with van der Waals surface area (Å²) in [6.45, 7) is 7.78. The van der Waals surface area contributed by atoms with E-state index < -0.39 is 17.7 Å². The fraction of sp³-hybridized carbons (Fsp3) is 0.846. The molecular formula is C13H26N2O3. The summed E-state index contributed by atoms with van der Waals surface area (Å²) in [4.78, 5) is 23.0. The molecule has 0 bridgehead atoms. The minimum atomic E-state index is -0.544. The third-order valence-corrected chi connectivity index (χ3v) is 2.35. The van der Waals surface area contributed by atoms with Crippen LogP contribution in [-0.4, -0.2) is 37.1 Å². The minimum absolute atomic E-state index is 0.0367. The second-order valence-electron chi connectivity index (χ2n) is 5.41. The highest BCUT2D eigenvalue weighted by Crippen LogP contribution is 2.08. The summed E-state index contributed by atoms with van der Waals surface area (Å²) >= 11 is 0. The van der Waals surface area contributed by atoms with Crippen molar-refractivity contribution in [2.75, 3.05) is 13.6 Å². The van der Waals surface area contributed by atoms with E-state index in [-0.39, 0.29) is 5.78 Å². The molecule has 18 heavy (non-hydrogen) atoms. The monoisotopic (exact) mass is 258 g/mol. The predicted molar refractivity (Wildman–Crippen MR) is 71.6 cm³/mol. The fourth-order valence-corrected chi connectivity index (χ4v) is 1.48. The van der Waals surface area contributed by atoms with Crippen LogP contribution in [0.25, 0.3) is 0 Å². The Labute approximate surface area is 110 Å². The lowest BCUT2D eigenvalue weighted by Crippen LogP contribution is -2.42. The Morgan fingerprint density at radius 3 is 2.28 bits per heavy atom. The normalized spacial score (nSPS) is 12.9. The van der Waals surface area contributed by atoms with Gasteiger partial charge in [0.1, 0.15) is 5.60 Å². The molecule has 0 saturated heterocycles. The Bertz CT molecular complexity index is 272.